The number of amides is 1. The topological polar surface area (TPSA) is 63.2 Å². The molecule has 6 heteroatoms. The maximum atomic E-state index is 13.3. The Morgan fingerprint density at radius 3 is 2.86 bits per heavy atom. The van der Waals surface area contributed by atoms with E-state index >= 15 is 0 Å². The van der Waals surface area contributed by atoms with Crippen LogP contribution in [0.25, 0.3) is 10.9 Å². The molecule has 0 fully saturated rings. The summed E-state index contributed by atoms with van der Waals surface area (Å²) in [5, 5.41) is 1.04. The molecule has 1 N–H and O–H groups in total. The molecule has 5 rings (SSSR count). The number of rotatable bonds is 4. The highest BCUT2D eigenvalue weighted by atomic mass is 16.5. The van der Waals surface area contributed by atoms with Crippen molar-refractivity contribution < 1.29 is 9.53 Å². The Labute approximate surface area is 168 Å². The Morgan fingerprint density at radius 2 is 2.00 bits per heavy atom. The molecule has 0 aliphatic carbocycles. The number of benzene rings is 1. The lowest BCUT2D eigenvalue weighted by Gasteiger charge is -2.24. The molecular formula is C23H22N4O2. The Bertz CT molecular complexity index is 1100. The molecule has 146 valence electrons. The van der Waals surface area contributed by atoms with Gasteiger partial charge < -0.3 is 19.2 Å². The second-order valence-corrected chi connectivity index (χ2v) is 7.36. The van der Waals surface area contributed by atoms with Crippen LogP contribution < -0.4 is 0 Å². The number of carbonyl (C=O) groups is 1. The molecular weight excluding hydrogens is 364 g/mol. The van der Waals surface area contributed by atoms with E-state index < -0.39 is 0 Å². The van der Waals surface area contributed by atoms with Crippen molar-refractivity contribution >= 4 is 16.8 Å². The molecule has 0 unspecified atom stereocenters. The second-order valence-electron chi connectivity index (χ2n) is 7.36. The van der Waals surface area contributed by atoms with Gasteiger partial charge in [-0.2, -0.15) is 0 Å². The van der Waals surface area contributed by atoms with Crippen molar-refractivity contribution in [1.29, 1.82) is 0 Å². The van der Waals surface area contributed by atoms with E-state index in [4.69, 9.17) is 4.74 Å². The molecule has 1 aromatic carbocycles. The largest absolute Gasteiger partial charge is 0.368 e. The van der Waals surface area contributed by atoms with E-state index in [2.05, 4.69) is 20.6 Å². The van der Waals surface area contributed by atoms with Gasteiger partial charge in [0.15, 0.2) is 0 Å². The molecule has 4 aromatic rings. The highest BCUT2D eigenvalue weighted by molar-refractivity contribution is 5.98. The first kappa shape index (κ1) is 17.7. The third-order valence-electron chi connectivity index (χ3n) is 5.34. The zero-order valence-electron chi connectivity index (χ0n) is 16.0. The summed E-state index contributed by atoms with van der Waals surface area (Å²) in [6.45, 7) is 2.23. The van der Waals surface area contributed by atoms with Crippen molar-refractivity contribution in [3.05, 3.63) is 90.1 Å². The van der Waals surface area contributed by atoms with Crippen LogP contribution in [0.1, 0.15) is 21.9 Å². The zero-order chi connectivity index (χ0) is 19.6. The first-order valence-electron chi connectivity index (χ1n) is 9.79. The summed E-state index contributed by atoms with van der Waals surface area (Å²) in [6.07, 6.45) is 3.70. The molecule has 4 heterocycles. The second kappa shape index (κ2) is 7.56. The fraction of sp³-hybridized carbons (Fsp3) is 0.217. The van der Waals surface area contributed by atoms with Gasteiger partial charge in [-0.3, -0.25) is 9.78 Å². The van der Waals surface area contributed by atoms with Crippen molar-refractivity contribution in [2.45, 2.75) is 25.8 Å². The van der Waals surface area contributed by atoms with Crippen LogP contribution in [0.3, 0.4) is 0 Å². The molecule has 0 saturated heterocycles. The Hall–Kier alpha value is -3.38. The molecule has 0 radical (unpaired) electrons. The zero-order valence-corrected chi connectivity index (χ0v) is 16.0. The summed E-state index contributed by atoms with van der Waals surface area (Å²) < 4.78 is 8.33. The van der Waals surface area contributed by atoms with E-state index in [1.165, 1.54) is 0 Å². The Balaban J connectivity index is 1.38. The van der Waals surface area contributed by atoms with Gasteiger partial charge in [0.05, 0.1) is 31.5 Å². The average Bonchev–Trinajstić information content (AvgIpc) is 3.34. The fourth-order valence-corrected chi connectivity index (χ4v) is 3.86. The van der Waals surface area contributed by atoms with Gasteiger partial charge >= 0.3 is 0 Å². The number of ether oxygens (including phenoxy) is 1. The molecule has 1 aliphatic heterocycles. The molecule has 1 atom stereocenters. The average molecular weight is 386 g/mol. The maximum absolute atomic E-state index is 13.3. The summed E-state index contributed by atoms with van der Waals surface area (Å²) in [7, 11) is 0. The molecule has 6 nitrogen and oxygen atoms in total. The third kappa shape index (κ3) is 3.67. The van der Waals surface area contributed by atoms with Crippen molar-refractivity contribution in [2.75, 3.05) is 6.54 Å². The highest BCUT2D eigenvalue weighted by Crippen LogP contribution is 2.21. The Kier molecular flexibility index (Phi) is 4.62. The summed E-state index contributed by atoms with van der Waals surface area (Å²) in [5.74, 6) is -0.0118. The monoisotopic (exact) mass is 386 g/mol. The molecule has 3 aromatic heterocycles. The van der Waals surface area contributed by atoms with Crippen LogP contribution in [-0.4, -0.2) is 38.0 Å². The lowest BCUT2D eigenvalue weighted by atomic mass is 10.2. The molecule has 1 amide bonds. The van der Waals surface area contributed by atoms with Crippen molar-refractivity contribution in [2.24, 2.45) is 0 Å². The van der Waals surface area contributed by atoms with Crippen LogP contribution in [-0.2, 0) is 24.4 Å². The van der Waals surface area contributed by atoms with E-state index in [9.17, 15) is 4.79 Å². The lowest BCUT2D eigenvalue weighted by molar-refractivity contribution is 0.00912. The van der Waals surface area contributed by atoms with Gasteiger partial charge in [0.2, 0.25) is 0 Å². The summed E-state index contributed by atoms with van der Waals surface area (Å²) in [5.41, 5.74) is 3.57. The van der Waals surface area contributed by atoms with Gasteiger partial charge in [-0.15, -0.1) is 0 Å². The first-order valence-corrected chi connectivity index (χ1v) is 9.79. The number of carbonyl (C=O) groups excluding carboxylic acids is 1. The summed E-state index contributed by atoms with van der Waals surface area (Å²) in [6, 6.07) is 19.7. The van der Waals surface area contributed by atoms with E-state index in [-0.39, 0.29) is 12.0 Å². The molecule has 0 bridgehead atoms. The van der Waals surface area contributed by atoms with Crippen LogP contribution >= 0.6 is 0 Å². The molecule has 29 heavy (non-hydrogen) atoms. The van der Waals surface area contributed by atoms with Gasteiger partial charge in [-0.25, -0.2) is 0 Å². The molecule has 0 saturated carbocycles. The van der Waals surface area contributed by atoms with Crippen LogP contribution in [0.15, 0.2) is 73.1 Å². The van der Waals surface area contributed by atoms with Crippen LogP contribution in [0.4, 0.5) is 0 Å². The quantitative estimate of drug-likeness (QED) is 0.583. The van der Waals surface area contributed by atoms with Gasteiger partial charge in [0.25, 0.3) is 5.91 Å². The smallest absolute Gasteiger partial charge is 0.270 e. The Morgan fingerprint density at radius 1 is 1.10 bits per heavy atom. The normalized spacial score (nSPS) is 16.6. The standard InChI is InChI=1S/C23H22N4O2/c28-23(22-12-17-6-1-2-9-21(17)25-22)27-13-19-8-5-11-26(19)14-20(15-27)29-16-18-7-3-4-10-24-18/h1-12,20,25H,13-16H2/t20-/m0/s1. The van der Waals surface area contributed by atoms with Crippen LogP contribution in [0.2, 0.25) is 0 Å². The van der Waals surface area contributed by atoms with Crippen LogP contribution in [0.5, 0.6) is 0 Å². The number of nitrogens with one attached hydrogen (secondary N) is 1. The lowest BCUT2D eigenvalue weighted by Crippen LogP contribution is -2.37. The van der Waals surface area contributed by atoms with E-state index in [0.717, 1.165) is 22.3 Å². The SMILES string of the molecule is O=C(c1cc2ccccc2[nH]1)N1Cc2cccn2C[C@H](OCc2ccccn2)C1. The van der Waals surface area contributed by atoms with Gasteiger partial charge in [-0.1, -0.05) is 24.3 Å². The van der Waals surface area contributed by atoms with Gasteiger partial charge in [0, 0.05) is 35.5 Å². The first-order chi connectivity index (χ1) is 14.3. The van der Waals surface area contributed by atoms with Crippen molar-refractivity contribution in [1.82, 2.24) is 19.4 Å². The maximum Gasteiger partial charge on any atom is 0.270 e. The molecule has 0 spiro atoms. The fourth-order valence-electron chi connectivity index (χ4n) is 3.86. The van der Waals surface area contributed by atoms with E-state index in [1.807, 2.05) is 65.7 Å². The van der Waals surface area contributed by atoms with E-state index in [1.54, 1.807) is 6.20 Å². The van der Waals surface area contributed by atoms with Crippen LogP contribution in [0, 0.1) is 0 Å². The highest BCUT2D eigenvalue weighted by Gasteiger charge is 2.27. The minimum absolute atomic E-state index is 0.0118. The number of hydrogen-bond acceptors (Lipinski definition) is 3. The number of nitrogens with zero attached hydrogens (tertiary/aromatic N) is 3. The third-order valence-corrected chi connectivity index (χ3v) is 5.34. The number of aromatic amines is 1. The number of aromatic nitrogens is 3. The van der Waals surface area contributed by atoms with Gasteiger partial charge in [-0.05, 0) is 36.4 Å². The van der Waals surface area contributed by atoms with Gasteiger partial charge in [0.1, 0.15) is 5.69 Å². The predicted molar refractivity (Wildman–Crippen MR) is 110 cm³/mol. The number of fused-ring (bicyclic) bond motifs is 2. The minimum Gasteiger partial charge on any atom is -0.368 e. The number of para-hydroxylation sites is 1. The number of pyridine rings is 1. The van der Waals surface area contributed by atoms with Crippen molar-refractivity contribution in [3.63, 3.8) is 0 Å². The minimum atomic E-state index is -0.112. The summed E-state index contributed by atoms with van der Waals surface area (Å²) in [4.78, 5) is 22.7. The predicted octanol–water partition coefficient (Wildman–Crippen LogP) is 3.61. The van der Waals surface area contributed by atoms with E-state index in [0.29, 0.717) is 31.9 Å². The van der Waals surface area contributed by atoms with Crippen molar-refractivity contribution in [3.8, 4) is 0 Å². The summed E-state index contributed by atoms with van der Waals surface area (Å²) >= 11 is 0. The number of hydrogen-bond donors (Lipinski definition) is 1. The number of H-pyrrole nitrogens is 1. The molecule has 1 aliphatic rings.